The summed E-state index contributed by atoms with van der Waals surface area (Å²) in [6.45, 7) is 2.56. The first-order valence-corrected chi connectivity index (χ1v) is 7.43. The van der Waals surface area contributed by atoms with Crippen molar-refractivity contribution in [1.29, 1.82) is 0 Å². The highest BCUT2D eigenvalue weighted by atomic mass is 35.5. The van der Waals surface area contributed by atoms with Gasteiger partial charge in [-0.3, -0.25) is 9.59 Å². The number of para-hydroxylation sites is 1. The van der Waals surface area contributed by atoms with Gasteiger partial charge in [0.25, 0.3) is 5.43 Å². The molecule has 22 heavy (non-hydrogen) atoms. The molecule has 0 aromatic heterocycles. The van der Waals surface area contributed by atoms with Gasteiger partial charge >= 0.3 is 0 Å². The van der Waals surface area contributed by atoms with Crippen molar-refractivity contribution in [2.45, 2.75) is 6.92 Å². The Morgan fingerprint density at radius 1 is 0.909 bits per heavy atom. The smallest absolute Gasteiger partial charge is 0.250 e. The predicted molar refractivity (Wildman–Crippen MR) is 90.9 cm³/mol. The zero-order valence-electron chi connectivity index (χ0n) is 12.0. The summed E-state index contributed by atoms with van der Waals surface area (Å²) >= 11 is 5.89. The molecule has 0 radical (unpaired) electrons. The summed E-state index contributed by atoms with van der Waals surface area (Å²) in [5.41, 5.74) is 1.67. The molecule has 0 aliphatic heterocycles. The van der Waals surface area contributed by atoms with Gasteiger partial charge in [-0.1, -0.05) is 41.9 Å². The van der Waals surface area contributed by atoms with Crippen LogP contribution in [0.5, 0.6) is 0 Å². The van der Waals surface area contributed by atoms with Crippen molar-refractivity contribution in [3.63, 3.8) is 0 Å². The maximum atomic E-state index is 12.1. The van der Waals surface area contributed by atoms with Crippen molar-refractivity contribution >= 4 is 23.0 Å². The van der Waals surface area contributed by atoms with Crippen LogP contribution in [0.15, 0.2) is 64.2 Å². The van der Waals surface area contributed by atoms with Gasteiger partial charge in [-0.05, 0) is 36.8 Å². The van der Waals surface area contributed by atoms with E-state index in [1.807, 2.05) is 42.2 Å². The molecule has 3 nitrogen and oxygen atoms in total. The number of hydrogen-bond donors (Lipinski definition) is 0. The molecule has 0 spiro atoms. The lowest BCUT2D eigenvalue weighted by atomic mass is 9.97. The zero-order chi connectivity index (χ0) is 15.7. The number of hydrogen-bond acceptors (Lipinski definition) is 3. The number of rotatable bonds is 4. The van der Waals surface area contributed by atoms with Crippen molar-refractivity contribution in [1.82, 2.24) is 0 Å². The van der Waals surface area contributed by atoms with Crippen LogP contribution in [-0.2, 0) is 0 Å². The Kier molecular flexibility index (Phi) is 3.82. The minimum atomic E-state index is -0.438. The summed E-state index contributed by atoms with van der Waals surface area (Å²) in [5, 5.41) is 0.597. The Morgan fingerprint density at radius 3 is 2.14 bits per heavy atom. The van der Waals surface area contributed by atoms with E-state index in [1.54, 1.807) is 24.3 Å². The van der Waals surface area contributed by atoms with Gasteiger partial charge in [-0.25, -0.2) is 0 Å². The van der Waals surface area contributed by atoms with E-state index in [9.17, 15) is 9.59 Å². The Labute approximate surface area is 133 Å². The minimum Gasteiger partial charge on any atom is -0.338 e. The molecule has 0 fully saturated rings. The Morgan fingerprint density at radius 2 is 1.55 bits per heavy atom. The molecule has 0 aliphatic carbocycles. The largest absolute Gasteiger partial charge is 0.338 e. The van der Waals surface area contributed by atoms with Crippen molar-refractivity contribution in [2.75, 3.05) is 11.4 Å². The number of benzene rings is 2. The molecule has 4 heteroatoms. The van der Waals surface area contributed by atoms with Gasteiger partial charge in [-0.15, -0.1) is 0 Å². The minimum absolute atomic E-state index is 0.435. The average molecular weight is 312 g/mol. The second kappa shape index (κ2) is 5.78. The van der Waals surface area contributed by atoms with Gasteiger partial charge < -0.3 is 4.90 Å². The molecule has 0 saturated heterocycles. The molecule has 0 N–H and O–H groups in total. The van der Waals surface area contributed by atoms with Crippen molar-refractivity contribution in [3.05, 3.63) is 80.1 Å². The molecule has 0 unspecified atom stereocenters. The van der Waals surface area contributed by atoms with Crippen LogP contribution >= 0.6 is 11.6 Å². The number of nitrogens with zero attached hydrogens (tertiary/aromatic N) is 1. The summed E-state index contributed by atoms with van der Waals surface area (Å²) in [6.07, 6.45) is 0. The van der Waals surface area contributed by atoms with Crippen molar-refractivity contribution in [3.8, 4) is 11.1 Å². The monoisotopic (exact) mass is 311 g/mol. The molecule has 0 aliphatic rings. The summed E-state index contributed by atoms with van der Waals surface area (Å²) in [4.78, 5) is 26.0. The van der Waals surface area contributed by atoms with Gasteiger partial charge in [0.15, 0.2) is 0 Å². The van der Waals surface area contributed by atoms with Gasteiger partial charge in [0.1, 0.15) is 5.69 Å². The molecule has 0 amide bonds. The summed E-state index contributed by atoms with van der Waals surface area (Å²) in [6, 6.07) is 16.5. The van der Waals surface area contributed by atoms with Crippen molar-refractivity contribution in [2.24, 2.45) is 0 Å². The van der Waals surface area contributed by atoms with Gasteiger partial charge in [0, 0.05) is 17.3 Å². The Hall–Kier alpha value is -2.39. The summed E-state index contributed by atoms with van der Waals surface area (Å²) < 4.78 is 0. The lowest BCUT2D eigenvalue weighted by Crippen LogP contribution is -2.40. The van der Waals surface area contributed by atoms with E-state index in [2.05, 4.69) is 0 Å². The van der Waals surface area contributed by atoms with Crippen LogP contribution in [0.4, 0.5) is 11.4 Å². The molecular weight excluding hydrogens is 298 g/mol. The molecule has 0 bridgehead atoms. The second-order valence-electron chi connectivity index (χ2n) is 4.97. The van der Waals surface area contributed by atoms with Gasteiger partial charge in [0.2, 0.25) is 5.43 Å². The van der Waals surface area contributed by atoms with Gasteiger partial charge in [0.05, 0.1) is 5.56 Å². The molecule has 110 valence electrons. The van der Waals surface area contributed by atoms with E-state index in [0.29, 0.717) is 22.8 Å². The third kappa shape index (κ3) is 2.34. The van der Waals surface area contributed by atoms with Crippen molar-refractivity contribution < 1.29 is 0 Å². The van der Waals surface area contributed by atoms with Crippen LogP contribution in [0.1, 0.15) is 6.92 Å². The third-order valence-electron chi connectivity index (χ3n) is 3.67. The van der Waals surface area contributed by atoms with Crippen LogP contribution in [-0.4, -0.2) is 6.54 Å². The van der Waals surface area contributed by atoms with E-state index in [-0.39, 0.29) is 0 Å². The van der Waals surface area contributed by atoms with Crippen LogP contribution in [0.25, 0.3) is 11.1 Å². The normalized spacial score (nSPS) is 10.8. The topological polar surface area (TPSA) is 37.4 Å². The number of halogens is 1. The molecular formula is C18H14ClNO2. The molecule has 3 aromatic carbocycles. The summed E-state index contributed by atoms with van der Waals surface area (Å²) in [5.74, 6) is 0. The number of anilines is 2. The molecule has 3 rings (SSSR count). The fraction of sp³-hybridized carbons (Fsp3) is 0.111. The lowest BCUT2D eigenvalue weighted by molar-refractivity contribution is 1.01. The van der Waals surface area contributed by atoms with Crippen LogP contribution in [0, 0.1) is 0 Å². The third-order valence-corrected chi connectivity index (χ3v) is 3.92. The maximum absolute atomic E-state index is 12.1. The first-order chi connectivity index (χ1) is 10.6. The van der Waals surface area contributed by atoms with E-state index < -0.39 is 10.9 Å². The molecule has 3 aromatic rings. The molecule has 0 atom stereocenters. The lowest BCUT2D eigenvalue weighted by Gasteiger charge is -2.26. The first-order valence-electron chi connectivity index (χ1n) is 7.05. The second-order valence-corrected chi connectivity index (χ2v) is 5.40. The summed E-state index contributed by atoms with van der Waals surface area (Å²) in [7, 11) is 0. The van der Waals surface area contributed by atoms with Crippen LogP contribution in [0.2, 0.25) is 5.02 Å². The van der Waals surface area contributed by atoms with E-state index in [0.717, 1.165) is 11.3 Å². The Balaban J connectivity index is 2.12. The predicted octanol–water partition coefficient (Wildman–Crippen LogP) is 3.76. The Bertz CT molecular complexity index is 862. The highest BCUT2D eigenvalue weighted by Crippen LogP contribution is 2.32. The van der Waals surface area contributed by atoms with E-state index in [1.165, 1.54) is 0 Å². The fourth-order valence-corrected chi connectivity index (χ4v) is 2.73. The highest BCUT2D eigenvalue weighted by molar-refractivity contribution is 6.30. The molecule has 0 heterocycles. The first kappa shape index (κ1) is 14.5. The van der Waals surface area contributed by atoms with E-state index in [4.69, 9.17) is 11.6 Å². The average Bonchev–Trinajstić information content (AvgIpc) is 2.56. The fourth-order valence-electron chi connectivity index (χ4n) is 2.60. The van der Waals surface area contributed by atoms with Crippen LogP contribution < -0.4 is 15.8 Å². The SMILES string of the molecule is CCN(c1ccccc1)c1c(-c2ccc(Cl)cc2)c(=O)c1=O. The van der Waals surface area contributed by atoms with Crippen LogP contribution in [0.3, 0.4) is 0 Å². The van der Waals surface area contributed by atoms with Gasteiger partial charge in [-0.2, -0.15) is 0 Å². The highest BCUT2D eigenvalue weighted by Gasteiger charge is 2.26. The standard InChI is InChI=1S/C18H14ClNO2/c1-2-20(14-6-4-3-5-7-14)16-15(17(21)18(16)22)12-8-10-13(19)11-9-12/h3-11H,2H2,1H3. The van der Waals surface area contributed by atoms with E-state index >= 15 is 0 Å². The molecule has 0 saturated carbocycles. The maximum Gasteiger partial charge on any atom is 0.250 e. The zero-order valence-corrected chi connectivity index (χ0v) is 12.8. The quantitative estimate of drug-likeness (QED) is 0.688.